The van der Waals surface area contributed by atoms with E-state index in [4.69, 9.17) is 11.6 Å². The first-order valence-electron chi connectivity index (χ1n) is 3.29. The maximum Gasteiger partial charge on any atom is 0.186 e. The topological polar surface area (TPSA) is 17.1 Å². The van der Waals surface area contributed by atoms with Crippen molar-refractivity contribution in [1.29, 1.82) is 0 Å². The van der Waals surface area contributed by atoms with Crippen molar-refractivity contribution < 1.29 is 4.79 Å². The number of fused-ring (bicyclic) bond motifs is 1. The number of carbonyl (C=O) groups excluding carboxylic acids is 1. The van der Waals surface area contributed by atoms with E-state index in [1.807, 2.05) is 6.07 Å². The molecule has 1 aliphatic rings. The summed E-state index contributed by atoms with van der Waals surface area (Å²) in [4.78, 5) is 11.1. The number of hydrogen-bond donors (Lipinski definition) is 0. The van der Waals surface area contributed by atoms with E-state index in [0.29, 0.717) is 10.6 Å². The van der Waals surface area contributed by atoms with Gasteiger partial charge in [-0.05, 0) is 23.8 Å². The predicted molar refractivity (Wildman–Crippen MR) is 44.8 cm³/mol. The normalized spacial score (nSPS) is 13.7. The van der Waals surface area contributed by atoms with Gasteiger partial charge in [-0.25, -0.2) is 0 Å². The van der Waals surface area contributed by atoms with Crippen LogP contribution in [0.15, 0.2) is 24.3 Å². The molecule has 0 heterocycles. The summed E-state index contributed by atoms with van der Waals surface area (Å²) in [6, 6.07) is 5.32. The number of hydrogen-bond acceptors (Lipinski definition) is 1. The Labute approximate surface area is 69.3 Å². The van der Waals surface area contributed by atoms with E-state index in [-0.39, 0.29) is 5.78 Å². The van der Waals surface area contributed by atoms with Crippen LogP contribution in [0.25, 0.3) is 6.08 Å². The van der Waals surface area contributed by atoms with Crippen LogP contribution in [0.2, 0.25) is 5.02 Å². The van der Waals surface area contributed by atoms with Crippen LogP contribution in [0.4, 0.5) is 0 Å². The lowest BCUT2D eigenvalue weighted by Crippen LogP contribution is -1.90. The average Bonchev–Trinajstić information content (AvgIpc) is 2.33. The molecule has 0 aromatic heterocycles. The zero-order valence-corrected chi connectivity index (χ0v) is 6.43. The van der Waals surface area contributed by atoms with E-state index < -0.39 is 0 Å². The van der Waals surface area contributed by atoms with Crippen molar-refractivity contribution in [2.24, 2.45) is 0 Å². The summed E-state index contributed by atoms with van der Waals surface area (Å²) in [5.74, 6) is 0.0440. The van der Waals surface area contributed by atoms with Crippen LogP contribution in [0.1, 0.15) is 15.9 Å². The molecule has 54 valence electrons. The summed E-state index contributed by atoms with van der Waals surface area (Å²) in [5, 5.41) is 0.612. The second-order valence-corrected chi connectivity index (χ2v) is 2.87. The summed E-state index contributed by atoms with van der Waals surface area (Å²) in [6.45, 7) is 0. The van der Waals surface area contributed by atoms with Crippen molar-refractivity contribution in [2.45, 2.75) is 0 Å². The van der Waals surface area contributed by atoms with Gasteiger partial charge in [0.1, 0.15) is 0 Å². The molecule has 0 saturated carbocycles. The van der Waals surface area contributed by atoms with Crippen molar-refractivity contribution in [1.82, 2.24) is 0 Å². The van der Waals surface area contributed by atoms with E-state index >= 15 is 0 Å². The predicted octanol–water partition coefficient (Wildman–Crippen LogP) is 2.55. The Bertz CT molecular complexity index is 353. The first-order valence-corrected chi connectivity index (χ1v) is 3.67. The fraction of sp³-hybridized carbons (Fsp3) is 0. The largest absolute Gasteiger partial charge is 0.289 e. The second kappa shape index (κ2) is 2.21. The summed E-state index contributed by atoms with van der Waals surface area (Å²) < 4.78 is 0. The Morgan fingerprint density at radius 1 is 1.18 bits per heavy atom. The number of carbonyl (C=O) groups is 1. The maximum atomic E-state index is 11.1. The van der Waals surface area contributed by atoms with Crippen molar-refractivity contribution >= 4 is 23.5 Å². The third-order valence-corrected chi connectivity index (χ3v) is 1.93. The number of allylic oxidation sites excluding steroid dienone is 1. The number of ketones is 1. The number of benzene rings is 1. The molecular weight excluding hydrogens is 160 g/mol. The molecule has 1 aromatic carbocycles. The van der Waals surface area contributed by atoms with E-state index in [0.717, 1.165) is 5.56 Å². The fourth-order valence-electron chi connectivity index (χ4n) is 1.14. The van der Waals surface area contributed by atoms with Gasteiger partial charge in [0.15, 0.2) is 5.78 Å². The van der Waals surface area contributed by atoms with Crippen LogP contribution in [0.3, 0.4) is 0 Å². The zero-order chi connectivity index (χ0) is 7.84. The van der Waals surface area contributed by atoms with Gasteiger partial charge in [-0.15, -0.1) is 0 Å². The standard InChI is InChI=1S/C9H5ClO/c10-7-3-1-6-2-4-9(11)8(6)5-7/h1-5H. The van der Waals surface area contributed by atoms with Gasteiger partial charge in [0, 0.05) is 10.6 Å². The molecule has 0 fully saturated rings. The third-order valence-electron chi connectivity index (χ3n) is 1.70. The van der Waals surface area contributed by atoms with E-state index in [2.05, 4.69) is 0 Å². The van der Waals surface area contributed by atoms with E-state index in [9.17, 15) is 4.79 Å². The molecule has 11 heavy (non-hydrogen) atoms. The molecule has 1 nitrogen and oxygen atoms in total. The number of halogens is 1. The first-order chi connectivity index (χ1) is 5.27. The molecule has 2 rings (SSSR count). The smallest absolute Gasteiger partial charge is 0.186 e. The zero-order valence-electron chi connectivity index (χ0n) is 5.67. The molecule has 1 aromatic rings. The second-order valence-electron chi connectivity index (χ2n) is 2.43. The molecule has 0 saturated heterocycles. The SMILES string of the molecule is O=C1C=Cc2ccc(Cl)cc21. The Morgan fingerprint density at radius 2 is 2.00 bits per heavy atom. The molecular formula is C9H5ClO. The molecule has 2 heteroatoms. The van der Waals surface area contributed by atoms with Crippen molar-refractivity contribution in [2.75, 3.05) is 0 Å². The minimum absolute atomic E-state index is 0.0440. The van der Waals surface area contributed by atoms with Gasteiger partial charge in [0.25, 0.3) is 0 Å². The Hall–Kier alpha value is -1.08. The Balaban J connectivity index is 2.67. The molecule has 0 unspecified atom stereocenters. The minimum Gasteiger partial charge on any atom is -0.289 e. The Morgan fingerprint density at radius 3 is 2.82 bits per heavy atom. The third kappa shape index (κ3) is 0.976. The quantitative estimate of drug-likeness (QED) is 0.576. The molecule has 0 aliphatic heterocycles. The van der Waals surface area contributed by atoms with Crippen LogP contribution < -0.4 is 0 Å². The van der Waals surface area contributed by atoms with Gasteiger partial charge < -0.3 is 0 Å². The van der Waals surface area contributed by atoms with Gasteiger partial charge in [-0.1, -0.05) is 23.7 Å². The molecule has 0 N–H and O–H groups in total. The first kappa shape index (κ1) is 6.62. The molecule has 0 bridgehead atoms. The average molecular weight is 165 g/mol. The Kier molecular flexibility index (Phi) is 1.33. The monoisotopic (exact) mass is 164 g/mol. The van der Waals surface area contributed by atoms with Crippen LogP contribution in [-0.4, -0.2) is 5.78 Å². The van der Waals surface area contributed by atoms with Crippen molar-refractivity contribution in [3.05, 3.63) is 40.4 Å². The van der Waals surface area contributed by atoms with Crippen LogP contribution in [0.5, 0.6) is 0 Å². The highest BCUT2D eigenvalue weighted by Gasteiger charge is 2.12. The van der Waals surface area contributed by atoms with Gasteiger partial charge in [-0.3, -0.25) is 4.79 Å². The van der Waals surface area contributed by atoms with Gasteiger partial charge >= 0.3 is 0 Å². The molecule has 0 amide bonds. The van der Waals surface area contributed by atoms with E-state index in [1.165, 1.54) is 0 Å². The minimum atomic E-state index is 0.0440. The molecule has 1 aliphatic carbocycles. The van der Waals surface area contributed by atoms with Crippen molar-refractivity contribution in [3.8, 4) is 0 Å². The van der Waals surface area contributed by atoms with Gasteiger partial charge in [0.2, 0.25) is 0 Å². The molecule has 0 spiro atoms. The van der Waals surface area contributed by atoms with Gasteiger partial charge in [0.05, 0.1) is 0 Å². The lowest BCUT2D eigenvalue weighted by atomic mass is 10.1. The van der Waals surface area contributed by atoms with Crippen LogP contribution in [0, 0.1) is 0 Å². The molecule has 0 atom stereocenters. The number of rotatable bonds is 0. The van der Waals surface area contributed by atoms with E-state index in [1.54, 1.807) is 24.3 Å². The lowest BCUT2D eigenvalue weighted by molar-refractivity contribution is 0.105. The van der Waals surface area contributed by atoms with Crippen molar-refractivity contribution in [3.63, 3.8) is 0 Å². The lowest BCUT2D eigenvalue weighted by Gasteiger charge is -1.95. The summed E-state index contributed by atoms with van der Waals surface area (Å²) in [5.41, 5.74) is 1.66. The maximum absolute atomic E-state index is 11.1. The highest BCUT2D eigenvalue weighted by Crippen LogP contribution is 2.22. The summed E-state index contributed by atoms with van der Waals surface area (Å²) >= 11 is 5.71. The molecule has 0 radical (unpaired) electrons. The summed E-state index contributed by atoms with van der Waals surface area (Å²) in [7, 11) is 0. The van der Waals surface area contributed by atoms with Gasteiger partial charge in [-0.2, -0.15) is 0 Å². The highest BCUT2D eigenvalue weighted by atomic mass is 35.5. The summed E-state index contributed by atoms with van der Waals surface area (Å²) in [6.07, 6.45) is 3.36. The van der Waals surface area contributed by atoms with Crippen LogP contribution >= 0.6 is 11.6 Å². The fourth-order valence-corrected chi connectivity index (χ4v) is 1.31. The van der Waals surface area contributed by atoms with Crippen LogP contribution in [-0.2, 0) is 0 Å². The highest BCUT2D eigenvalue weighted by molar-refractivity contribution is 6.31.